The van der Waals surface area contributed by atoms with Crippen LogP contribution in [-0.4, -0.2) is 33.0 Å². The number of thiazole rings is 1. The largest absolute Gasteiger partial charge is 0.285 e. The van der Waals surface area contributed by atoms with Crippen LogP contribution in [0.5, 0.6) is 0 Å². The quantitative estimate of drug-likeness (QED) is 0.370. The average Bonchev–Trinajstić information content (AvgIpc) is 3.38. The summed E-state index contributed by atoms with van der Waals surface area (Å²) in [6.07, 6.45) is 3.53. The van der Waals surface area contributed by atoms with Crippen LogP contribution in [0, 0.1) is 5.82 Å². The topological polar surface area (TPSA) is 51.0 Å². The van der Waals surface area contributed by atoms with Gasteiger partial charge in [0.2, 0.25) is 5.91 Å². The number of fused-ring (bicyclic) bond motifs is 1. The minimum Gasteiger partial charge on any atom is -0.285 e. The highest BCUT2D eigenvalue weighted by atomic mass is 35.5. The molecule has 0 aliphatic carbocycles. The van der Waals surface area contributed by atoms with Gasteiger partial charge in [-0.25, -0.2) is 9.37 Å². The maximum absolute atomic E-state index is 14.1. The Morgan fingerprint density at radius 3 is 2.76 bits per heavy atom. The van der Waals surface area contributed by atoms with Gasteiger partial charge < -0.3 is 0 Å². The number of carbonyl (C=O) groups is 1. The SMILES string of the molecule is O=C(CSc1ccc(Cl)cc1)N(CCn1cccn1)c1nc2c(F)cccc2s1. The first-order valence-corrected chi connectivity index (χ1v) is 11.0. The molecule has 0 bridgehead atoms. The molecule has 0 atom stereocenters. The Balaban J connectivity index is 1.55. The van der Waals surface area contributed by atoms with E-state index in [1.54, 1.807) is 40.0 Å². The number of carbonyl (C=O) groups excluding carboxylic acids is 1. The van der Waals surface area contributed by atoms with Gasteiger partial charge in [-0.15, -0.1) is 11.8 Å². The zero-order valence-electron chi connectivity index (χ0n) is 15.2. The van der Waals surface area contributed by atoms with Crippen molar-refractivity contribution in [1.82, 2.24) is 14.8 Å². The van der Waals surface area contributed by atoms with E-state index in [4.69, 9.17) is 11.6 Å². The molecule has 5 nitrogen and oxygen atoms in total. The number of nitrogens with zero attached hydrogens (tertiary/aromatic N) is 4. The fourth-order valence-corrected chi connectivity index (χ4v) is 4.66. The number of halogens is 2. The van der Waals surface area contributed by atoms with E-state index in [0.29, 0.717) is 27.9 Å². The average molecular weight is 447 g/mol. The van der Waals surface area contributed by atoms with Gasteiger partial charge in [0, 0.05) is 28.9 Å². The summed E-state index contributed by atoms with van der Waals surface area (Å²) in [6, 6.07) is 14.0. The third kappa shape index (κ3) is 4.77. The molecule has 0 radical (unpaired) electrons. The van der Waals surface area contributed by atoms with E-state index in [1.807, 2.05) is 24.4 Å². The van der Waals surface area contributed by atoms with Gasteiger partial charge in [0.1, 0.15) is 11.3 Å². The Hall–Kier alpha value is -2.42. The van der Waals surface area contributed by atoms with Crippen molar-refractivity contribution in [3.63, 3.8) is 0 Å². The van der Waals surface area contributed by atoms with Crippen LogP contribution in [0.1, 0.15) is 0 Å². The van der Waals surface area contributed by atoms with Crippen LogP contribution in [0.2, 0.25) is 5.02 Å². The third-order valence-electron chi connectivity index (χ3n) is 4.18. The van der Waals surface area contributed by atoms with E-state index in [1.165, 1.54) is 29.2 Å². The van der Waals surface area contributed by atoms with Crippen LogP contribution in [-0.2, 0) is 11.3 Å². The minimum absolute atomic E-state index is 0.100. The Labute approximate surface area is 180 Å². The van der Waals surface area contributed by atoms with Gasteiger partial charge in [-0.3, -0.25) is 14.4 Å². The summed E-state index contributed by atoms with van der Waals surface area (Å²) in [6.45, 7) is 0.909. The second kappa shape index (κ2) is 8.94. The lowest BCUT2D eigenvalue weighted by molar-refractivity contribution is -0.116. The van der Waals surface area contributed by atoms with Gasteiger partial charge in [0.05, 0.1) is 17.0 Å². The Morgan fingerprint density at radius 2 is 2.03 bits per heavy atom. The number of benzene rings is 2. The van der Waals surface area contributed by atoms with Crippen molar-refractivity contribution < 1.29 is 9.18 Å². The minimum atomic E-state index is -0.389. The van der Waals surface area contributed by atoms with Crippen LogP contribution in [0.3, 0.4) is 0 Å². The van der Waals surface area contributed by atoms with Crippen molar-refractivity contribution in [2.24, 2.45) is 0 Å². The Morgan fingerprint density at radius 1 is 1.21 bits per heavy atom. The molecule has 0 spiro atoms. The number of para-hydroxylation sites is 1. The van der Waals surface area contributed by atoms with Crippen LogP contribution in [0.15, 0.2) is 65.8 Å². The molecule has 2 aromatic heterocycles. The Kier molecular flexibility index (Phi) is 6.13. The number of rotatable bonds is 7. The molecule has 9 heteroatoms. The van der Waals surface area contributed by atoms with Gasteiger partial charge in [-0.05, 0) is 42.5 Å². The van der Waals surface area contributed by atoms with E-state index < -0.39 is 0 Å². The Bertz CT molecular complexity index is 1120. The molecule has 0 saturated heterocycles. The lowest BCUT2D eigenvalue weighted by Crippen LogP contribution is -2.35. The molecule has 0 fully saturated rings. The van der Waals surface area contributed by atoms with Gasteiger partial charge in [0.25, 0.3) is 0 Å². The van der Waals surface area contributed by atoms with E-state index in [2.05, 4.69) is 10.1 Å². The zero-order chi connectivity index (χ0) is 20.2. The molecule has 1 amide bonds. The first-order valence-electron chi connectivity index (χ1n) is 8.81. The summed E-state index contributed by atoms with van der Waals surface area (Å²) in [7, 11) is 0. The maximum atomic E-state index is 14.1. The lowest BCUT2D eigenvalue weighted by atomic mass is 10.3. The number of anilines is 1. The lowest BCUT2D eigenvalue weighted by Gasteiger charge is -2.19. The zero-order valence-corrected chi connectivity index (χ0v) is 17.6. The maximum Gasteiger partial charge on any atom is 0.239 e. The predicted octanol–water partition coefficient (Wildman–Crippen LogP) is 5.11. The predicted molar refractivity (Wildman–Crippen MR) is 116 cm³/mol. The van der Waals surface area contributed by atoms with Crippen LogP contribution >= 0.6 is 34.7 Å². The van der Waals surface area contributed by atoms with Crippen LogP contribution in [0.4, 0.5) is 9.52 Å². The summed E-state index contributed by atoms with van der Waals surface area (Å²) >= 11 is 8.65. The fraction of sp³-hybridized carbons (Fsp3) is 0.150. The molecule has 0 N–H and O–H groups in total. The van der Waals surface area contributed by atoms with E-state index >= 15 is 0 Å². The molecule has 4 aromatic rings. The highest BCUT2D eigenvalue weighted by Crippen LogP contribution is 2.31. The molecule has 2 aromatic carbocycles. The normalized spacial score (nSPS) is 11.1. The summed E-state index contributed by atoms with van der Waals surface area (Å²) in [5.74, 6) is -0.254. The number of hydrogen-bond donors (Lipinski definition) is 0. The monoisotopic (exact) mass is 446 g/mol. The highest BCUT2D eigenvalue weighted by molar-refractivity contribution is 8.00. The molecule has 4 rings (SSSR count). The summed E-state index contributed by atoms with van der Waals surface area (Å²) in [5, 5.41) is 5.32. The summed E-state index contributed by atoms with van der Waals surface area (Å²) < 4.78 is 16.5. The van der Waals surface area contributed by atoms with Gasteiger partial charge in [-0.2, -0.15) is 5.10 Å². The second-order valence-electron chi connectivity index (χ2n) is 6.14. The van der Waals surface area contributed by atoms with Crippen molar-refractivity contribution >= 4 is 56.0 Å². The summed E-state index contributed by atoms with van der Waals surface area (Å²) in [4.78, 5) is 20.0. The van der Waals surface area contributed by atoms with Crippen molar-refractivity contribution in [2.45, 2.75) is 11.4 Å². The fourth-order valence-electron chi connectivity index (χ4n) is 2.73. The van der Waals surface area contributed by atoms with Gasteiger partial charge in [0.15, 0.2) is 5.13 Å². The molecule has 0 aliphatic rings. The van der Waals surface area contributed by atoms with E-state index in [9.17, 15) is 9.18 Å². The van der Waals surface area contributed by atoms with Crippen LogP contribution in [0.25, 0.3) is 10.2 Å². The van der Waals surface area contributed by atoms with Crippen LogP contribution < -0.4 is 4.90 Å². The standard InChI is InChI=1S/C20H16ClFN4OS2/c21-14-5-7-15(8-6-14)28-13-18(27)26(12-11-25-10-2-9-23-25)20-24-19-16(22)3-1-4-17(19)29-20/h1-10H,11-13H2. The highest BCUT2D eigenvalue weighted by Gasteiger charge is 2.21. The molecular weight excluding hydrogens is 431 g/mol. The first-order chi connectivity index (χ1) is 14.1. The van der Waals surface area contributed by atoms with E-state index in [-0.39, 0.29) is 23.0 Å². The molecular formula is C20H16ClFN4OS2. The first kappa shape index (κ1) is 19.9. The number of aromatic nitrogens is 3. The third-order valence-corrected chi connectivity index (χ3v) is 6.47. The number of thioether (sulfide) groups is 1. The van der Waals surface area contributed by atoms with Crippen molar-refractivity contribution in [1.29, 1.82) is 0 Å². The van der Waals surface area contributed by atoms with E-state index in [0.717, 1.165) is 4.90 Å². The van der Waals surface area contributed by atoms with Crippen molar-refractivity contribution in [2.75, 3.05) is 17.2 Å². The second-order valence-corrected chi connectivity index (χ2v) is 8.63. The molecule has 0 unspecified atom stereocenters. The van der Waals surface area contributed by atoms with Gasteiger partial charge >= 0.3 is 0 Å². The number of amides is 1. The smallest absolute Gasteiger partial charge is 0.239 e. The molecule has 148 valence electrons. The van der Waals surface area contributed by atoms with Crippen molar-refractivity contribution in [3.8, 4) is 0 Å². The summed E-state index contributed by atoms with van der Waals surface area (Å²) in [5.41, 5.74) is 0.287. The molecule has 29 heavy (non-hydrogen) atoms. The number of hydrogen-bond acceptors (Lipinski definition) is 5. The molecule has 0 saturated carbocycles. The van der Waals surface area contributed by atoms with Gasteiger partial charge in [-0.1, -0.05) is 29.0 Å². The molecule has 0 aliphatic heterocycles. The molecule has 2 heterocycles. The van der Waals surface area contributed by atoms with Crippen molar-refractivity contribution in [3.05, 3.63) is 71.8 Å².